The van der Waals surface area contributed by atoms with Crippen LogP contribution in [0.1, 0.15) is 15.9 Å². The molecule has 0 saturated carbocycles. The van der Waals surface area contributed by atoms with E-state index in [1.807, 2.05) is 0 Å². The highest BCUT2D eigenvalue weighted by Crippen LogP contribution is 2.23. The second kappa shape index (κ2) is 10.1. The number of carbonyl (C=O) groups excluding carboxylic acids is 2. The Hall–Kier alpha value is -3.37. The molecule has 3 aromatic rings. The van der Waals surface area contributed by atoms with E-state index in [-0.39, 0.29) is 22.0 Å². The molecule has 2 aromatic carbocycles. The summed E-state index contributed by atoms with van der Waals surface area (Å²) in [7, 11) is -2.26. The van der Waals surface area contributed by atoms with E-state index in [0.29, 0.717) is 5.75 Å². The summed E-state index contributed by atoms with van der Waals surface area (Å²) in [5.41, 5.74) is 0.930. The van der Waals surface area contributed by atoms with Crippen molar-refractivity contribution in [3.63, 3.8) is 0 Å². The molecular weight excluding hydrogens is 440 g/mol. The first-order valence-electron chi connectivity index (χ1n) is 9.11. The zero-order valence-electron chi connectivity index (χ0n) is 16.5. The number of methoxy groups -OCH3 is 1. The Morgan fingerprint density at radius 2 is 1.74 bits per heavy atom. The molecule has 0 aliphatic carbocycles. The molecule has 0 spiro atoms. The zero-order chi connectivity index (χ0) is 22.3. The van der Waals surface area contributed by atoms with Crippen LogP contribution >= 0.6 is 11.3 Å². The van der Waals surface area contributed by atoms with E-state index in [9.17, 15) is 18.0 Å². The van der Waals surface area contributed by atoms with Crippen LogP contribution in [0.5, 0.6) is 5.75 Å². The summed E-state index contributed by atoms with van der Waals surface area (Å²) < 4.78 is 37.5. The molecule has 0 unspecified atom stereocenters. The summed E-state index contributed by atoms with van der Waals surface area (Å²) in [4.78, 5) is 24.5. The highest BCUT2D eigenvalue weighted by atomic mass is 32.2. The lowest BCUT2D eigenvalue weighted by molar-refractivity contribution is -0.124. The molecule has 31 heavy (non-hydrogen) atoms. The van der Waals surface area contributed by atoms with Crippen molar-refractivity contribution in [1.29, 1.82) is 0 Å². The van der Waals surface area contributed by atoms with Gasteiger partial charge in [0.15, 0.2) is 6.61 Å². The number of benzene rings is 2. The fourth-order valence-corrected chi connectivity index (χ4v) is 4.64. The van der Waals surface area contributed by atoms with Crippen molar-refractivity contribution in [2.24, 2.45) is 0 Å². The van der Waals surface area contributed by atoms with Gasteiger partial charge in [-0.25, -0.2) is 13.2 Å². The van der Waals surface area contributed by atoms with E-state index < -0.39 is 28.5 Å². The summed E-state index contributed by atoms with van der Waals surface area (Å²) in [5.74, 6) is -0.595. The molecular formula is C21H20N2O6S2. The third kappa shape index (κ3) is 6.06. The van der Waals surface area contributed by atoms with Crippen LogP contribution in [0.15, 0.2) is 70.3 Å². The lowest BCUT2D eigenvalue weighted by atomic mass is 10.2. The van der Waals surface area contributed by atoms with Crippen LogP contribution in [0, 0.1) is 0 Å². The van der Waals surface area contributed by atoms with Crippen molar-refractivity contribution in [1.82, 2.24) is 5.32 Å². The van der Waals surface area contributed by atoms with Crippen LogP contribution in [-0.2, 0) is 26.1 Å². The van der Waals surface area contributed by atoms with E-state index in [4.69, 9.17) is 9.47 Å². The van der Waals surface area contributed by atoms with Gasteiger partial charge in [0.25, 0.3) is 15.9 Å². The summed E-state index contributed by atoms with van der Waals surface area (Å²) in [5, 5.41) is 4.29. The Balaban J connectivity index is 1.57. The highest BCUT2D eigenvalue weighted by Gasteiger charge is 2.20. The number of ether oxygens (including phenoxy) is 2. The number of esters is 1. The number of sulfonamides is 1. The van der Waals surface area contributed by atoms with E-state index in [2.05, 4.69) is 10.0 Å². The SMILES string of the molecule is COc1ccc(CNC(=O)COC(=O)c2ccccc2NS(=O)(=O)c2cccs2)cc1. The summed E-state index contributed by atoms with van der Waals surface area (Å²) >= 11 is 1.06. The molecule has 0 fully saturated rings. The fourth-order valence-electron chi connectivity index (χ4n) is 2.57. The molecule has 1 heterocycles. The predicted octanol–water partition coefficient (Wildman–Crippen LogP) is 3.03. The molecule has 0 saturated heterocycles. The largest absolute Gasteiger partial charge is 0.497 e. The van der Waals surface area contributed by atoms with Gasteiger partial charge in [0, 0.05) is 6.54 Å². The monoisotopic (exact) mass is 460 g/mol. The first-order chi connectivity index (χ1) is 14.9. The van der Waals surface area contributed by atoms with E-state index in [1.165, 1.54) is 18.2 Å². The Kier molecular flexibility index (Phi) is 7.27. The van der Waals surface area contributed by atoms with Gasteiger partial charge in [0.2, 0.25) is 0 Å². The van der Waals surface area contributed by atoms with Crippen molar-refractivity contribution in [3.8, 4) is 5.75 Å². The number of thiophene rings is 1. The normalized spacial score (nSPS) is 10.9. The number of hydrogen-bond acceptors (Lipinski definition) is 7. The van der Waals surface area contributed by atoms with Crippen LogP contribution in [0.25, 0.3) is 0 Å². The number of amides is 1. The van der Waals surface area contributed by atoms with Gasteiger partial charge in [-0.1, -0.05) is 30.3 Å². The highest BCUT2D eigenvalue weighted by molar-refractivity contribution is 7.94. The minimum atomic E-state index is -3.83. The Morgan fingerprint density at radius 3 is 2.42 bits per heavy atom. The van der Waals surface area contributed by atoms with Crippen molar-refractivity contribution in [2.45, 2.75) is 10.8 Å². The van der Waals surface area contributed by atoms with Crippen LogP contribution in [-0.4, -0.2) is 34.0 Å². The molecule has 0 aliphatic rings. The molecule has 0 radical (unpaired) electrons. The lowest BCUT2D eigenvalue weighted by Crippen LogP contribution is -2.28. The lowest BCUT2D eigenvalue weighted by Gasteiger charge is -2.12. The van der Waals surface area contributed by atoms with Gasteiger partial charge in [-0.05, 0) is 41.3 Å². The van der Waals surface area contributed by atoms with Crippen molar-refractivity contribution >= 4 is 38.9 Å². The Morgan fingerprint density at radius 1 is 1.00 bits per heavy atom. The number of para-hydroxylation sites is 1. The van der Waals surface area contributed by atoms with Gasteiger partial charge >= 0.3 is 5.97 Å². The standard InChI is InChI=1S/C21H20N2O6S2/c1-28-16-10-8-15(9-11-16)13-22-19(24)14-29-21(25)17-5-2-3-6-18(17)23-31(26,27)20-7-4-12-30-20/h2-12,23H,13-14H2,1H3,(H,22,24). The number of anilines is 1. The first kappa shape index (κ1) is 22.3. The third-order valence-corrected chi connectivity index (χ3v) is 6.90. The number of carbonyl (C=O) groups is 2. The average molecular weight is 461 g/mol. The molecule has 8 nitrogen and oxygen atoms in total. The van der Waals surface area contributed by atoms with Gasteiger partial charge in [-0.15, -0.1) is 11.3 Å². The van der Waals surface area contributed by atoms with Gasteiger partial charge in [-0.3, -0.25) is 9.52 Å². The smallest absolute Gasteiger partial charge is 0.340 e. The average Bonchev–Trinajstić information content (AvgIpc) is 3.32. The fraction of sp³-hybridized carbons (Fsp3) is 0.143. The Labute approximate surface area is 183 Å². The zero-order valence-corrected chi connectivity index (χ0v) is 18.2. The minimum Gasteiger partial charge on any atom is -0.497 e. The number of rotatable bonds is 9. The minimum absolute atomic E-state index is 0.00517. The first-order valence-corrected chi connectivity index (χ1v) is 11.5. The van der Waals surface area contributed by atoms with Crippen LogP contribution in [0.4, 0.5) is 5.69 Å². The maximum Gasteiger partial charge on any atom is 0.340 e. The molecule has 10 heteroatoms. The van der Waals surface area contributed by atoms with Crippen molar-refractivity contribution < 1.29 is 27.5 Å². The maximum absolute atomic E-state index is 12.4. The quantitative estimate of drug-likeness (QED) is 0.475. The molecule has 0 atom stereocenters. The van der Waals surface area contributed by atoms with Gasteiger partial charge in [0.1, 0.15) is 9.96 Å². The molecule has 162 valence electrons. The summed E-state index contributed by atoms with van der Waals surface area (Å²) in [6.07, 6.45) is 0. The number of nitrogens with one attached hydrogen (secondary N) is 2. The van der Waals surface area contributed by atoms with Crippen LogP contribution < -0.4 is 14.8 Å². The molecule has 0 bridgehead atoms. The van der Waals surface area contributed by atoms with Gasteiger partial charge < -0.3 is 14.8 Å². The van der Waals surface area contributed by atoms with Crippen molar-refractivity contribution in [3.05, 3.63) is 77.2 Å². The predicted molar refractivity (Wildman–Crippen MR) is 117 cm³/mol. The van der Waals surface area contributed by atoms with Crippen molar-refractivity contribution in [2.75, 3.05) is 18.4 Å². The summed E-state index contributed by atoms with van der Waals surface area (Å²) in [6.45, 7) is -0.238. The molecule has 3 rings (SSSR count). The van der Waals surface area contributed by atoms with E-state index in [1.54, 1.807) is 55.0 Å². The Bertz CT molecular complexity index is 1140. The number of hydrogen-bond donors (Lipinski definition) is 2. The third-order valence-electron chi connectivity index (χ3n) is 4.13. The topological polar surface area (TPSA) is 111 Å². The molecule has 2 N–H and O–H groups in total. The second-order valence-corrected chi connectivity index (χ2v) is 9.14. The van der Waals surface area contributed by atoms with Gasteiger partial charge in [0.05, 0.1) is 18.4 Å². The summed E-state index contributed by atoms with van der Waals surface area (Å²) in [6, 6.07) is 16.3. The van der Waals surface area contributed by atoms with E-state index in [0.717, 1.165) is 16.9 Å². The molecule has 1 amide bonds. The van der Waals surface area contributed by atoms with Crippen LogP contribution in [0.2, 0.25) is 0 Å². The molecule has 1 aromatic heterocycles. The molecule has 0 aliphatic heterocycles. The maximum atomic E-state index is 12.4. The second-order valence-electron chi connectivity index (χ2n) is 6.28. The van der Waals surface area contributed by atoms with E-state index >= 15 is 0 Å². The van der Waals surface area contributed by atoms with Gasteiger partial charge in [-0.2, -0.15) is 0 Å². The van der Waals surface area contributed by atoms with Crippen LogP contribution in [0.3, 0.4) is 0 Å².